The van der Waals surface area contributed by atoms with E-state index in [9.17, 15) is 4.79 Å². The third-order valence-corrected chi connectivity index (χ3v) is 1.46. The van der Waals surface area contributed by atoms with Gasteiger partial charge in [-0.25, -0.2) is 0 Å². The summed E-state index contributed by atoms with van der Waals surface area (Å²) in [4.78, 5) is 10.7. The number of primary amides is 1. The van der Waals surface area contributed by atoms with E-state index in [0.29, 0.717) is 0 Å². The van der Waals surface area contributed by atoms with Crippen LogP contribution in [0.15, 0.2) is 12.1 Å². The Balaban J connectivity index is 3.33. The Morgan fingerprint density at radius 1 is 1.25 bits per heavy atom. The smallest absolute Gasteiger partial charge is 0.250 e. The van der Waals surface area contributed by atoms with Crippen LogP contribution in [-0.4, -0.2) is 11.0 Å². The molecule has 64 valence electrons. The van der Waals surface area contributed by atoms with E-state index < -0.39 is 5.91 Å². The summed E-state index contributed by atoms with van der Waals surface area (Å²) >= 11 is 0. The van der Waals surface area contributed by atoms with Crippen molar-refractivity contribution < 1.29 is 9.90 Å². The molecule has 1 amide bonds. The van der Waals surface area contributed by atoms with Crippen LogP contribution in [0.25, 0.3) is 0 Å². The lowest BCUT2D eigenvalue weighted by atomic mass is 10.1. The summed E-state index contributed by atoms with van der Waals surface area (Å²) in [6.07, 6.45) is 0. The average molecular weight is 167 g/mol. The highest BCUT2D eigenvalue weighted by atomic mass is 16.3. The normalized spacial score (nSPS) is 9.67. The van der Waals surface area contributed by atoms with Crippen LogP contribution in [0.3, 0.4) is 0 Å². The van der Waals surface area contributed by atoms with Crippen molar-refractivity contribution in [3.63, 3.8) is 0 Å². The second-order valence-corrected chi connectivity index (χ2v) is 2.36. The average Bonchev–Trinajstić information content (AvgIpc) is 1.96. The lowest BCUT2D eigenvalue weighted by Gasteiger charge is -2.04. The molecule has 0 radical (unpaired) electrons. The molecule has 0 aliphatic rings. The van der Waals surface area contributed by atoms with Gasteiger partial charge < -0.3 is 22.3 Å². The fourth-order valence-corrected chi connectivity index (χ4v) is 0.836. The predicted octanol–water partition coefficient (Wildman–Crippen LogP) is -0.345. The van der Waals surface area contributed by atoms with Gasteiger partial charge in [0.2, 0.25) is 0 Å². The summed E-state index contributed by atoms with van der Waals surface area (Å²) < 4.78 is 0. The van der Waals surface area contributed by atoms with Crippen LogP contribution >= 0.6 is 0 Å². The molecule has 0 aliphatic heterocycles. The molecule has 0 spiro atoms. The van der Waals surface area contributed by atoms with Gasteiger partial charge in [-0.05, 0) is 12.1 Å². The lowest BCUT2D eigenvalue weighted by Crippen LogP contribution is -2.13. The van der Waals surface area contributed by atoms with Crippen LogP contribution < -0.4 is 17.2 Å². The topological polar surface area (TPSA) is 115 Å². The highest BCUT2D eigenvalue weighted by Crippen LogP contribution is 2.25. The van der Waals surface area contributed by atoms with Gasteiger partial charge in [0.05, 0.1) is 11.3 Å². The molecule has 0 unspecified atom stereocenters. The first kappa shape index (κ1) is 8.19. The minimum atomic E-state index is -0.692. The number of phenolic OH excluding ortho intramolecular Hbond substituents is 1. The van der Waals surface area contributed by atoms with Crippen LogP contribution in [0, 0.1) is 0 Å². The van der Waals surface area contributed by atoms with Crippen LogP contribution in [-0.2, 0) is 0 Å². The SMILES string of the molecule is NC(=O)c1cc(O)c(N)cc1N. The molecule has 0 saturated heterocycles. The maximum Gasteiger partial charge on any atom is 0.250 e. The zero-order chi connectivity index (χ0) is 9.30. The maximum absolute atomic E-state index is 10.7. The monoisotopic (exact) mass is 167 g/mol. The second kappa shape index (κ2) is 2.61. The Bertz CT molecular complexity index is 336. The van der Waals surface area contributed by atoms with Crippen molar-refractivity contribution in [3.05, 3.63) is 17.7 Å². The zero-order valence-corrected chi connectivity index (χ0v) is 6.24. The number of aromatic hydroxyl groups is 1. The molecule has 0 saturated carbocycles. The Morgan fingerprint density at radius 2 is 1.83 bits per heavy atom. The Morgan fingerprint density at radius 3 is 2.33 bits per heavy atom. The fourth-order valence-electron chi connectivity index (χ4n) is 0.836. The minimum Gasteiger partial charge on any atom is -0.506 e. The number of amides is 1. The molecular formula is C7H9N3O2. The van der Waals surface area contributed by atoms with Crippen molar-refractivity contribution in [3.8, 4) is 5.75 Å². The zero-order valence-electron chi connectivity index (χ0n) is 6.24. The molecule has 0 atom stereocenters. The standard InChI is InChI=1S/C7H9N3O2/c8-4-2-5(9)6(11)1-3(4)7(10)12/h1-2,11H,8-9H2,(H2,10,12). The molecule has 0 aromatic heterocycles. The molecule has 0 heterocycles. The molecule has 1 aromatic rings. The lowest BCUT2D eigenvalue weighted by molar-refractivity contribution is 0.100. The van der Waals surface area contributed by atoms with Crippen LogP contribution in [0.4, 0.5) is 11.4 Å². The third-order valence-electron chi connectivity index (χ3n) is 1.46. The van der Waals surface area contributed by atoms with Gasteiger partial charge in [0.15, 0.2) is 0 Å². The van der Waals surface area contributed by atoms with Gasteiger partial charge in [-0.2, -0.15) is 0 Å². The van der Waals surface area contributed by atoms with Gasteiger partial charge in [0.1, 0.15) is 5.75 Å². The minimum absolute atomic E-state index is 0.0710. The Hall–Kier alpha value is -1.91. The Labute approximate surface area is 68.8 Å². The van der Waals surface area contributed by atoms with E-state index in [-0.39, 0.29) is 22.7 Å². The number of carbonyl (C=O) groups excluding carboxylic acids is 1. The largest absolute Gasteiger partial charge is 0.506 e. The van der Waals surface area contributed by atoms with Gasteiger partial charge in [0, 0.05) is 5.69 Å². The van der Waals surface area contributed by atoms with E-state index in [4.69, 9.17) is 22.3 Å². The number of phenols is 1. The number of carbonyl (C=O) groups is 1. The summed E-state index contributed by atoms with van der Waals surface area (Å²) in [6.45, 7) is 0. The summed E-state index contributed by atoms with van der Waals surface area (Å²) in [5.41, 5.74) is 16.0. The molecule has 5 heteroatoms. The maximum atomic E-state index is 10.7. The number of benzene rings is 1. The molecule has 12 heavy (non-hydrogen) atoms. The summed E-state index contributed by atoms with van der Waals surface area (Å²) in [5, 5.41) is 9.09. The van der Waals surface area contributed by atoms with Crippen molar-refractivity contribution >= 4 is 17.3 Å². The van der Waals surface area contributed by atoms with Gasteiger partial charge in [-0.15, -0.1) is 0 Å². The molecule has 1 rings (SSSR count). The molecule has 0 bridgehead atoms. The van der Waals surface area contributed by atoms with Crippen molar-refractivity contribution in [2.24, 2.45) is 5.73 Å². The number of anilines is 2. The number of hydrogen-bond acceptors (Lipinski definition) is 4. The van der Waals surface area contributed by atoms with Gasteiger partial charge in [-0.3, -0.25) is 4.79 Å². The van der Waals surface area contributed by atoms with Crippen molar-refractivity contribution in [2.45, 2.75) is 0 Å². The van der Waals surface area contributed by atoms with Crippen molar-refractivity contribution in [2.75, 3.05) is 11.5 Å². The summed E-state index contributed by atoms with van der Waals surface area (Å²) in [5.74, 6) is -0.888. The van der Waals surface area contributed by atoms with Gasteiger partial charge in [-0.1, -0.05) is 0 Å². The second-order valence-electron chi connectivity index (χ2n) is 2.36. The highest BCUT2D eigenvalue weighted by molar-refractivity contribution is 5.99. The molecule has 1 aromatic carbocycles. The summed E-state index contributed by atoms with van der Waals surface area (Å²) in [7, 11) is 0. The van der Waals surface area contributed by atoms with Gasteiger partial charge in [0.25, 0.3) is 5.91 Å². The van der Waals surface area contributed by atoms with E-state index in [1.165, 1.54) is 6.07 Å². The molecule has 5 nitrogen and oxygen atoms in total. The first-order chi connectivity index (χ1) is 5.52. The van der Waals surface area contributed by atoms with Crippen LogP contribution in [0.5, 0.6) is 5.75 Å². The van der Waals surface area contributed by atoms with Crippen LogP contribution in [0.2, 0.25) is 0 Å². The van der Waals surface area contributed by atoms with E-state index in [0.717, 1.165) is 6.07 Å². The van der Waals surface area contributed by atoms with Gasteiger partial charge >= 0.3 is 0 Å². The first-order valence-corrected chi connectivity index (χ1v) is 3.20. The van der Waals surface area contributed by atoms with Crippen molar-refractivity contribution in [1.82, 2.24) is 0 Å². The highest BCUT2D eigenvalue weighted by Gasteiger charge is 2.08. The third kappa shape index (κ3) is 1.24. The predicted molar refractivity (Wildman–Crippen MR) is 45.4 cm³/mol. The number of hydrogen-bond donors (Lipinski definition) is 4. The van der Waals surface area contributed by atoms with Crippen molar-refractivity contribution in [1.29, 1.82) is 0 Å². The number of nitrogens with two attached hydrogens (primary N) is 3. The van der Waals surface area contributed by atoms with E-state index in [1.807, 2.05) is 0 Å². The van der Waals surface area contributed by atoms with E-state index in [1.54, 1.807) is 0 Å². The summed E-state index contributed by atoms with van der Waals surface area (Å²) in [6, 6.07) is 2.43. The number of nitrogen functional groups attached to an aromatic ring is 2. The Kier molecular flexibility index (Phi) is 1.78. The van der Waals surface area contributed by atoms with Crippen LogP contribution in [0.1, 0.15) is 10.4 Å². The quantitative estimate of drug-likeness (QED) is 0.260. The molecule has 0 aliphatic carbocycles. The van der Waals surface area contributed by atoms with E-state index in [2.05, 4.69) is 0 Å². The first-order valence-electron chi connectivity index (χ1n) is 3.20. The fraction of sp³-hybridized carbons (Fsp3) is 0. The molecule has 7 N–H and O–H groups in total. The molecular weight excluding hydrogens is 158 g/mol. The van der Waals surface area contributed by atoms with E-state index >= 15 is 0 Å². The molecule has 0 fully saturated rings. The number of rotatable bonds is 1.